The third kappa shape index (κ3) is 70.0. The number of aliphatic hydroxyl groups is 1. The van der Waals surface area contributed by atoms with Gasteiger partial charge in [-0.3, -0.25) is 37.3 Å². The highest BCUT2D eigenvalue weighted by Crippen LogP contribution is 2.45. The topological polar surface area (TPSA) is 237 Å². The Morgan fingerprint density at radius 1 is 0.292 bits per heavy atom. The SMILES string of the molecule is CCCCCC/C=C\C=C/CCCCCCCC(=O)O[C@H](COC(=O)CCCCCCC)COP(=O)(O)OC[C@H](O)COP(=O)(O)OC[C@@H](COC(=O)CCCCCCCCCCCCCCCCCC)OC(=O)CCCCCCCCCCCCCCCCCCCCCC. The summed E-state index contributed by atoms with van der Waals surface area (Å²) in [6.45, 7) is 4.84. The van der Waals surface area contributed by atoms with E-state index < -0.39 is 97.5 Å². The molecule has 19 heteroatoms. The average Bonchev–Trinajstić information content (AvgIpc) is 1.43. The molecule has 566 valence electrons. The number of unbranched alkanes of at least 4 members (excludes halogenated alkanes) is 47. The van der Waals surface area contributed by atoms with E-state index in [1.807, 2.05) is 0 Å². The number of phosphoric ester groups is 2. The second-order valence-corrected chi connectivity index (χ2v) is 30.0. The maximum Gasteiger partial charge on any atom is 0.472 e. The van der Waals surface area contributed by atoms with E-state index in [0.29, 0.717) is 25.7 Å². The molecule has 0 saturated carbocycles. The lowest BCUT2D eigenvalue weighted by atomic mass is 10.0. The molecule has 96 heavy (non-hydrogen) atoms. The third-order valence-corrected chi connectivity index (χ3v) is 19.4. The van der Waals surface area contributed by atoms with Crippen molar-refractivity contribution in [3.05, 3.63) is 24.3 Å². The number of hydrogen-bond acceptors (Lipinski definition) is 15. The lowest BCUT2D eigenvalue weighted by Gasteiger charge is -2.21. The van der Waals surface area contributed by atoms with Crippen molar-refractivity contribution in [1.82, 2.24) is 0 Å². The van der Waals surface area contributed by atoms with Crippen LogP contribution in [0.4, 0.5) is 0 Å². The fraction of sp³-hybridized carbons (Fsp3) is 0.896. The molecule has 0 heterocycles. The monoisotopic (exact) mass is 1410 g/mol. The van der Waals surface area contributed by atoms with E-state index in [4.69, 9.17) is 37.0 Å². The Bertz CT molecular complexity index is 1920. The molecule has 0 aliphatic rings. The van der Waals surface area contributed by atoms with Gasteiger partial charge in [0, 0.05) is 25.7 Å². The molecule has 0 aromatic heterocycles. The molecular formula is C77H146O17P2. The highest BCUT2D eigenvalue weighted by molar-refractivity contribution is 7.47. The molecule has 0 rings (SSSR count). The zero-order valence-electron chi connectivity index (χ0n) is 61.8. The Labute approximate surface area is 586 Å². The summed E-state index contributed by atoms with van der Waals surface area (Å²) in [7, 11) is -9.91. The van der Waals surface area contributed by atoms with Crippen LogP contribution in [0.1, 0.15) is 387 Å². The van der Waals surface area contributed by atoms with Crippen molar-refractivity contribution in [3.8, 4) is 0 Å². The Kier molecular flexibility index (Phi) is 69.1. The second-order valence-electron chi connectivity index (χ2n) is 27.1. The molecule has 0 bridgehead atoms. The zero-order valence-corrected chi connectivity index (χ0v) is 63.6. The van der Waals surface area contributed by atoms with E-state index in [1.165, 1.54) is 199 Å². The smallest absolute Gasteiger partial charge is 0.462 e. The van der Waals surface area contributed by atoms with Crippen LogP contribution in [0.3, 0.4) is 0 Å². The van der Waals surface area contributed by atoms with Crippen LogP contribution in [0.2, 0.25) is 0 Å². The minimum Gasteiger partial charge on any atom is -0.462 e. The van der Waals surface area contributed by atoms with Gasteiger partial charge in [-0.1, -0.05) is 335 Å². The van der Waals surface area contributed by atoms with E-state index in [2.05, 4.69) is 52.0 Å². The van der Waals surface area contributed by atoms with Crippen molar-refractivity contribution in [1.29, 1.82) is 0 Å². The second kappa shape index (κ2) is 71.0. The first-order valence-corrected chi connectivity index (χ1v) is 42.6. The molecule has 5 atom stereocenters. The first-order valence-electron chi connectivity index (χ1n) is 39.6. The number of phosphoric acid groups is 2. The molecule has 0 aromatic carbocycles. The van der Waals surface area contributed by atoms with E-state index in [0.717, 1.165) is 109 Å². The van der Waals surface area contributed by atoms with E-state index in [1.54, 1.807) is 0 Å². The minimum atomic E-state index is -4.96. The van der Waals surface area contributed by atoms with Crippen molar-refractivity contribution in [3.63, 3.8) is 0 Å². The number of ether oxygens (including phenoxy) is 4. The van der Waals surface area contributed by atoms with Crippen LogP contribution in [0.5, 0.6) is 0 Å². The normalized spacial score (nSPS) is 14.0. The molecule has 0 amide bonds. The summed E-state index contributed by atoms with van der Waals surface area (Å²) in [5.41, 5.74) is 0. The van der Waals surface area contributed by atoms with E-state index >= 15 is 0 Å². The van der Waals surface area contributed by atoms with Crippen molar-refractivity contribution in [2.45, 2.75) is 406 Å². The van der Waals surface area contributed by atoms with Gasteiger partial charge in [0.1, 0.15) is 19.3 Å². The zero-order chi connectivity index (χ0) is 70.4. The maximum absolute atomic E-state index is 13.1. The van der Waals surface area contributed by atoms with Crippen LogP contribution in [0, 0.1) is 0 Å². The van der Waals surface area contributed by atoms with Gasteiger partial charge in [-0.2, -0.15) is 0 Å². The Hall–Kier alpha value is -2.46. The molecule has 0 radical (unpaired) electrons. The molecule has 3 N–H and O–H groups in total. The Morgan fingerprint density at radius 2 is 0.500 bits per heavy atom. The van der Waals surface area contributed by atoms with Crippen molar-refractivity contribution >= 4 is 39.5 Å². The standard InChI is InChI=1S/C77H146O17P2/c1-5-9-13-17-20-23-26-29-32-34-35-36-37-40-43-46-49-52-56-60-64-77(82)94-73(68-88-75(80)62-58-54-50-47-44-41-39-33-30-27-24-21-18-14-10-6-2)70-92-96(85,86)90-66-71(78)65-89-95(83,84)91-69-72(67-87-74(79)61-57-53-16-12-8-4)93-76(81)63-59-55-51-48-45-42-38-31-28-25-22-19-15-11-7-3/h25,28,31,38,71-73,78H,5-24,26-27,29-30,32-37,39-70H2,1-4H3,(H,83,84)(H,85,86)/b28-25-,38-31-/t71-,72+,73+/m0/s1. The molecule has 0 saturated heterocycles. The quantitative estimate of drug-likeness (QED) is 0.0169. The highest BCUT2D eigenvalue weighted by Gasteiger charge is 2.30. The number of carbonyl (C=O) groups excluding carboxylic acids is 4. The van der Waals surface area contributed by atoms with Crippen LogP contribution in [0.15, 0.2) is 24.3 Å². The van der Waals surface area contributed by atoms with Crippen LogP contribution in [-0.4, -0.2) is 96.7 Å². The van der Waals surface area contributed by atoms with Gasteiger partial charge in [-0.15, -0.1) is 0 Å². The van der Waals surface area contributed by atoms with Gasteiger partial charge in [0.05, 0.1) is 26.4 Å². The van der Waals surface area contributed by atoms with Crippen LogP contribution in [0.25, 0.3) is 0 Å². The fourth-order valence-electron chi connectivity index (χ4n) is 11.4. The van der Waals surface area contributed by atoms with Gasteiger partial charge in [-0.25, -0.2) is 9.13 Å². The van der Waals surface area contributed by atoms with Crippen LogP contribution in [-0.2, 0) is 65.4 Å². The first-order chi connectivity index (χ1) is 46.7. The van der Waals surface area contributed by atoms with Crippen molar-refractivity contribution in [2.24, 2.45) is 0 Å². The van der Waals surface area contributed by atoms with Crippen molar-refractivity contribution in [2.75, 3.05) is 39.6 Å². The molecule has 0 aliphatic heterocycles. The molecule has 2 unspecified atom stereocenters. The highest BCUT2D eigenvalue weighted by atomic mass is 31.2. The molecule has 0 aromatic rings. The summed E-state index contributed by atoms with van der Waals surface area (Å²) in [5.74, 6) is -2.15. The number of esters is 4. The van der Waals surface area contributed by atoms with E-state index in [9.17, 15) is 43.2 Å². The summed E-state index contributed by atoms with van der Waals surface area (Å²) in [5, 5.41) is 10.6. The number of hydrogen-bond donors (Lipinski definition) is 3. The summed E-state index contributed by atoms with van der Waals surface area (Å²) in [6.07, 6.45) is 65.1. The predicted octanol–water partition coefficient (Wildman–Crippen LogP) is 22.6. The molecule has 0 fully saturated rings. The number of allylic oxidation sites excluding steroid dienone is 4. The predicted molar refractivity (Wildman–Crippen MR) is 391 cm³/mol. The Morgan fingerprint density at radius 3 is 0.760 bits per heavy atom. The average molecular weight is 1410 g/mol. The van der Waals surface area contributed by atoms with Crippen molar-refractivity contribution < 1.29 is 80.2 Å². The maximum atomic E-state index is 13.1. The molecule has 17 nitrogen and oxygen atoms in total. The summed E-state index contributed by atoms with van der Waals surface area (Å²) < 4.78 is 68.3. The summed E-state index contributed by atoms with van der Waals surface area (Å²) in [4.78, 5) is 72.5. The summed E-state index contributed by atoms with van der Waals surface area (Å²) in [6, 6.07) is 0. The largest absolute Gasteiger partial charge is 0.472 e. The van der Waals surface area contributed by atoms with Gasteiger partial charge >= 0.3 is 39.5 Å². The third-order valence-electron chi connectivity index (χ3n) is 17.5. The van der Waals surface area contributed by atoms with Gasteiger partial charge < -0.3 is 33.8 Å². The van der Waals surface area contributed by atoms with Gasteiger partial charge in [0.2, 0.25) is 0 Å². The fourth-order valence-corrected chi connectivity index (χ4v) is 13.0. The van der Waals surface area contributed by atoms with Crippen LogP contribution >= 0.6 is 15.6 Å². The lowest BCUT2D eigenvalue weighted by molar-refractivity contribution is -0.161. The van der Waals surface area contributed by atoms with Gasteiger partial charge in [0.25, 0.3) is 0 Å². The van der Waals surface area contributed by atoms with Crippen LogP contribution < -0.4 is 0 Å². The Balaban J connectivity index is 5.16. The first kappa shape index (κ1) is 93.5. The lowest BCUT2D eigenvalue weighted by Crippen LogP contribution is -2.30. The van der Waals surface area contributed by atoms with E-state index in [-0.39, 0.29) is 25.7 Å². The summed E-state index contributed by atoms with van der Waals surface area (Å²) >= 11 is 0. The minimum absolute atomic E-state index is 0.0846. The number of rotatable bonds is 76. The molecule has 0 spiro atoms. The molecular weight excluding hydrogens is 1260 g/mol. The van der Waals surface area contributed by atoms with Gasteiger partial charge in [-0.05, 0) is 51.4 Å². The number of aliphatic hydroxyl groups excluding tert-OH is 1. The molecule has 0 aliphatic carbocycles. The number of carbonyl (C=O) groups is 4. The van der Waals surface area contributed by atoms with Gasteiger partial charge in [0.15, 0.2) is 12.2 Å².